The van der Waals surface area contributed by atoms with E-state index in [1.165, 1.54) is 12.5 Å². The molecule has 0 spiro atoms. The molecule has 0 aliphatic heterocycles. The minimum absolute atomic E-state index is 0. The lowest BCUT2D eigenvalue weighted by Crippen LogP contribution is -2.49. The van der Waals surface area contributed by atoms with Crippen LogP contribution in [-0.4, -0.2) is 11.9 Å². The van der Waals surface area contributed by atoms with Crippen molar-refractivity contribution in [1.82, 2.24) is 5.32 Å². The Morgan fingerprint density at radius 1 is 1.30 bits per heavy atom. The van der Waals surface area contributed by atoms with Crippen molar-refractivity contribution in [1.29, 1.82) is 0 Å². The van der Waals surface area contributed by atoms with Gasteiger partial charge in [0.2, 0.25) is 5.91 Å². The first-order valence-corrected chi connectivity index (χ1v) is 8.40. The number of carbonyl (C=O) groups is 1. The molecule has 0 heterocycles. The topological polar surface area (TPSA) is 55.1 Å². The first-order valence-electron chi connectivity index (χ1n) is 8.02. The number of hydrogen-bond acceptors (Lipinski definition) is 2. The van der Waals surface area contributed by atoms with Crippen LogP contribution in [0.2, 0.25) is 5.02 Å². The molecule has 2 aliphatic rings. The largest absolute Gasteiger partial charge is 0.352 e. The van der Waals surface area contributed by atoms with Crippen LogP contribution in [-0.2, 0) is 11.3 Å². The van der Waals surface area contributed by atoms with Gasteiger partial charge in [0, 0.05) is 29.1 Å². The Labute approximate surface area is 147 Å². The summed E-state index contributed by atoms with van der Waals surface area (Å²) in [5.41, 5.74) is 6.60. The van der Waals surface area contributed by atoms with Gasteiger partial charge in [0.05, 0.1) is 0 Å². The second kappa shape index (κ2) is 7.82. The van der Waals surface area contributed by atoms with E-state index in [9.17, 15) is 9.18 Å². The zero-order valence-electron chi connectivity index (χ0n) is 12.9. The van der Waals surface area contributed by atoms with Gasteiger partial charge in [-0.3, -0.25) is 4.79 Å². The summed E-state index contributed by atoms with van der Waals surface area (Å²) < 4.78 is 13.7. The fraction of sp³-hybridized carbons (Fsp3) is 0.588. The second-order valence-corrected chi connectivity index (χ2v) is 7.02. The van der Waals surface area contributed by atoms with Gasteiger partial charge >= 0.3 is 0 Å². The average Bonchev–Trinajstić information content (AvgIpc) is 2.46. The van der Waals surface area contributed by atoms with Crippen LogP contribution < -0.4 is 11.1 Å². The minimum atomic E-state index is -0.379. The first-order chi connectivity index (χ1) is 10.6. The third-order valence-corrected chi connectivity index (χ3v) is 5.64. The van der Waals surface area contributed by atoms with E-state index in [0.717, 1.165) is 25.7 Å². The van der Waals surface area contributed by atoms with Gasteiger partial charge in [0.1, 0.15) is 5.82 Å². The summed E-state index contributed by atoms with van der Waals surface area (Å²) in [7, 11) is 0. The molecule has 3 rings (SSSR count). The highest BCUT2D eigenvalue weighted by molar-refractivity contribution is 6.31. The lowest BCUT2D eigenvalue weighted by molar-refractivity contribution is -0.128. The SMILES string of the molecule is Cl.NC1C2CCCC1CC(C(=O)NCc1c(F)cccc1Cl)C2. The fourth-order valence-corrected chi connectivity index (χ4v) is 4.25. The molecule has 1 amide bonds. The molecular formula is C17H23Cl2FN2O. The molecule has 3 nitrogen and oxygen atoms in total. The number of hydrogen-bond donors (Lipinski definition) is 2. The molecular weight excluding hydrogens is 338 g/mol. The van der Waals surface area contributed by atoms with Crippen molar-refractivity contribution in [3.05, 3.63) is 34.6 Å². The number of nitrogens with two attached hydrogens (primary N) is 1. The van der Waals surface area contributed by atoms with Crippen LogP contribution in [0.1, 0.15) is 37.7 Å². The van der Waals surface area contributed by atoms with Gasteiger partial charge in [-0.2, -0.15) is 0 Å². The van der Waals surface area contributed by atoms with Crippen LogP contribution in [0.3, 0.4) is 0 Å². The number of carbonyl (C=O) groups excluding carboxylic acids is 1. The maximum Gasteiger partial charge on any atom is 0.223 e. The Balaban J connectivity index is 0.00000192. The smallest absolute Gasteiger partial charge is 0.223 e. The van der Waals surface area contributed by atoms with Crippen molar-refractivity contribution in [2.45, 2.75) is 44.7 Å². The summed E-state index contributed by atoms with van der Waals surface area (Å²) in [5, 5.41) is 3.20. The molecule has 2 atom stereocenters. The third-order valence-electron chi connectivity index (χ3n) is 5.28. The van der Waals surface area contributed by atoms with E-state index in [-0.39, 0.29) is 42.6 Å². The third kappa shape index (κ3) is 3.98. The zero-order valence-corrected chi connectivity index (χ0v) is 14.5. The summed E-state index contributed by atoms with van der Waals surface area (Å²) in [4.78, 5) is 12.4. The molecule has 6 heteroatoms. The monoisotopic (exact) mass is 360 g/mol. The van der Waals surface area contributed by atoms with Gasteiger partial charge in [-0.15, -0.1) is 12.4 Å². The van der Waals surface area contributed by atoms with Crippen LogP contribution in [0, 0.1) is 23.6 Å². The summed E-state index contributed by atoms with van der Waals surface area (Å²) in [6, 6.07) is 4.80. The van der Waals surface area contributed by atoms with Crippen molar-refractivity contribution in [2.75, 3.05) is 0 Å². The maximum atomic E-state index is 13.7. The molecule has 3 N–H and O–H groups in total. The first kappa shape index (κ1) is 18.5. The summed E-state index contributed by atoms with van der Waals surface area (Å²) in [5.74, 6) is 0.541. The molecule has 0 saturated heterocycles. The predicted octanol–water partition coefficient (Wildman–Crippen LogP) is 3.67. The van der Waals surface area contributed by atoms with Crippen LogP contribution in [0.15, 0.2) is 18.2 Å². The Bertz CT molecular complexity index is 535. The maximum absolute atomic E-state index is 13.7. The standard InChI is InChI=1S/C17H22ClFN2O.ClH/c18-14-5-2-6-15(19)13(14)9-21-17(22)12-7-10-3-1-4-11(8-12)16(10)20;/h2,5-6,10-12,16H,1,3-4,7-9,20H2,(H,21,22);1H. The van der Waals surface area contributed by atoms with Gasteiger partial charge in [-0.25, -0.2) is 4.39 Å². The lowest BCUT2D eigenvalue weighted by atomic mass is 9.65. The predicted molar refractivity (Wildman–Crippen MR) is 92.0 cm³/mol. The van der Waals surface area contributed by atoms with Gasteiger partial charge < -0.3 is 11.1 Å². The van der Waals surface area contributed by atoms with E-state index in [4.69, 9.17) is 17.3 Å². The highest BCUT2D eigenvalue weighted by Gasteiger charge is 2.40. The number of nitrogens with one attached hydrogen (secondary N) is 1. The number of halogens is 3. The molecule has 2 aliphatic carbocycles. The van der Waals surface area contributed by atoms with Gasteiger partial charge in [0.15, 0.2) is 0 Å². The minimum Gasteiger partial charge on any atom is -0.352 e. The molecule has 2 unspecified atom stereocenters. The summed E-state index contributed by atoms with van der Waals surface area (Å²) in [6.07, 6.45) is 5.19. The molecule has 2 fully saturated rings. The molecule has 2 bridgehead atoms. The van der Waals surface area contributed by atoms with E-state index in [1.807, 2.05) is 0 Å². The molecule has 1 aromatic rings. The Hall–Kier alpha value is -0.840. The molecule has 2 saturated carbocycles. The Morgan fingerprint density at radius 2 is 1.96 bits per heavy atom. The molecule has 0 radical (unpaired) electrons. The van der Waals surface area contributed by atoms with E-state index in [0.29, 0.717) is 22.4 Å². The Kier molecular flexibility index (Phi) is 6.29. The van der Waals surface area contributed by atoms with Crippen LogP contribution in [0.4, 0.5) is 4.39 Å². The average molecular weight is 361 g/mol. The Morgan fingerprint density at radius 3 is 2.57 bits per heavy atom. The molecule has 128 valence electrons. The van der Waals surface area contributed by atoms with E-state index in [1.54, 1.807) is 12.1 Å². The van der Waals surface area contributed by atoms with Gasteiger partial charge in [-0.1, -0.05) is 24.1 Å². The number of rotatable bonds is 3. The van der Waals surface area contributed by atoms with Crippen molar-refractivity contribution in [3.63, 3.8) is 0 Å². The number of amides is 1. The highest BCUT2D eigenvalue weighted by atomic mass is 35.5. The fourth-order valence-electron chi connectivity index (χ4n) is 4.02. The molecule has 23 heavy (non-hydrogen) atoms. The summed E-state index contributed by atoms with van der Waals surface area (Å²) in [6.45, 7) is 0.141. The van der Waals surface area contributed by atoms with Crippen LogP contribution in [0.25, 0.3) is 0 Å². The van der Waals surface area contributed by atoms with Crippen molar-refractivity contribution in [3.8, 4) is 0 Å². The van der Waals surface area contributed by atoms with Gasteiger partial charge in [0.25, 0.3) is 0 Å². The van der Waals surface area contributed by atoms with E-state index >= 15 is 0 Å². The summed E-state index contributed by atoms with van der Waals surface area (Å²) >= 11 is 5.99. The van der Waals surface area contributed by atoms with Crippen molar-refractivity contribution >= 4 is 29.9 Å². The normalized spacial score (nSPS) is 29.5. The van der Waals surface area contributed by atoms with Crippen molar-refractivity contribution < 1.29 is 9.18 Å². The van der Waals surface area contributed by atoms with Crippen molar-refractivity contribution in [2.24, 2.45) is 23.5 Å². The highest BCUT2D eigenvalue weighted by Crippen LogP contribution is 2.41. The number of benzene rings is 1. The quantitative estimate of drug-likeness (QED) is 0.863. The zero-order chi connectivity index (χ0) is 15.7. The molecule has 1 aromatic carbocycles. The lowest BCUT2D eigenvalue weighted by Gasteiger charge is -2.43. The van der Waals surface area contributed by atoms with E-state index < -0.39 is 0 Å². The van der Waals surface area contributed by atoms with E-state index in [2.05, 4.69) is 5.32 Å². The second-order valence-electron chi connectivity index (χ2n) is 6.61. The molecule has 0 aromatic heterocycles. The van der Waals surface area contributed by atoms with Crippen LogP contribution in [0.5, 0.6) is 0 Å². The van der Waals surface area contributed by atoms with Gasteiger partial charge in [-0.05, 0) is 49.7 Å². The van der Waals surface area contributed by atoms with Crippen LogP contribution >= 0.6 is 24.0 Å². The number of fused-ring (bicyclic) bond motifs is 2.